The molecule has 0 aliphatic carbocycles. The summed E-state index contributed by atoms with van der Waals surface area (Å²) in [7, 11) is 0. The Balaban J connectivity index is 1.94. The molecule has 1 aromatic carbocycles. The molecule has 0 aliphatic heterocycles. The molecule has 1 heterocycles. The summed E-state index contributed by atoms with van der Waals surface area (Å²) in [5.74, 6) is 1.78. The summed E-state index contributed by atoms with van der Waals surface area (Å²) in [5.41, 5.74) is 2.45. The molecule has 4 heteroatoms. The molecule has 0 bridgehead atoms. The molecule has 0 atom stereocenters. The summed E-state index contributed by atoms with van der Waals surface area (Å²) in [6.07, 6.45) is 2.84. The van der Waals surface area contributed by atoms with Crippen LogP contribution in [0.3, 0.4) is 0 Å². The molecule has 2 rings (SSSR count). The first-order valence-corrected chi connectivity index (χ1v) is 8.52. The highest BCUT2D eigenvalue weighted by Crippen LogP contribution is 2.22. The predicted molar refractivity (Wildman–Crippen MR) is 89.2 cm³/mol. The Labute approximate surface area is 130 Å². The van der Waals surface area contributed by atoms with E-state index in [2.05, 4.69) is 43.6 Å². The Morgan fingerprint density at radius 2 is 2.00 bits per heavy atom. The Morgan fingerprint density at radius 3 is 2.65 bits per heavy atom. The zero-order chi connectivity index (χ0) is 14.4. The van der Waals surface area contributed by atoms with Crippen LogP contribution in [0.25, 0.3) is 0 Å². The second kappa shape index (κ2) is 7.70. The van der Waals surface area contributed by atoms with Gasteiger partial charge >= 0.3 is 0 Å². The van der Waals surface area contributed by atoms with Gasteiger partial charge in [-0.25, -0.2) is 4.98 Å². The van der Waals surface area contributed by atoms with Gasteiger partial charge < -0.3 is 4.74 Å². The van der Waals surface area contributed by atoms with Crippen molar-refractivity contribution in [1.29, 1.82) is 0 Å². The van der Waals surface area contributed by atoms with E-state index in [-0.39, 0.29) is 0 Å². The number of benzene rings is 1. The van der Waals surface area contributed by atoms with E-state index in [4.69, 9.17) is 4.74 Å². The molecule has 0 saturated carbocycles. The number of thiol groups is 1. The van der Waals surface area contributed by atoms with E-state index < -0.39 is 0 Å². The number of nitrogens with zero attached hydrogens (tertiary/aromatic N) is 1. The van der Waals surface area contributed by atoms with Gasteiger partial charge in [0.1, 0.15) is 5.75 Å². The fourth-order valence-corrected chi connectivity index (χ4v) is 3.50. The van der Waals surface area contributed by atoms with Crippen LogP contribution in [-0.2, 0) is 25.0 Å². The Bertz CT molecular complexity index is 530. The zero-order valence-corrected chi connectivity index (χ0v) is 13.8. The number of aryl methyl sites for hydroxylation is 2. The number of rotatable bonds is 7. The summed E-state index contributed by atoms with van der Waals surface area (Å²) in [4.78, 5) is 5.95. The first-order valence-electron chi connectivity index (χ1n) is 7.07. The standard InChI is InChI=1S/C16H21NOS2/c1-3-12-7-5-6-8-14(12)18-10-9-16-17-13(4-2)15(11-19)20-16/h5-8,19H,3-4,9-11H2,1-2H3. The van der Waals surface area contributed by atoms with Crippen molar-refractivity contribution in [1.82, 2.24) is 4.98 Å². The van der Waals surface area contributed by atoms with Crippen LogP contribution in [0.2, 0.25) is 0 Å². The van der Waals surface area contributed by atoms with Gasteiger partial charge in [-0.15, -0.1) is 11.3 Å². The molecule has 1 aromatic heterocycles. The third-order valence-electron chi connectivity index (χ3n) is 3.23. The smallest absolute Gasteiger partial charge is 0.122 e. The molecule has 0 aliphatic rings. The van der Waals surface area contributed by atoms with Gasteiger partial charge in [-0.05, 0) is 24.5 Å². The van der Waals surface area contributed by atoms with E-state index in [1.54, 1.807) is 11.3 Å². The Kier molecular flexibility index (Phi) is 5.92. The summed E-state index contributed by atoms with van der Waals surface area (Å²) >= 11 is 6.12. The molecule has 2 nitrogen and oxygen atoms in total. The molecule has 2 aromatic rings. The Hall–Kier alpha value is -1.000. The summed E-state index contributed by atoms with van der Waals surface area (Å²) < 4.78 is 5.90. The van der Waals surface area contributed by atoms with Gasteiger partial charge in [-0.2, -0.15) is 12.6 Å². The number of hydrogen-bond acceptors (Lipinski definition) is 4. The van der Waals surface area contributed by atoms with Crippen LogP contribution in [0.5, 0.6) is 5.75 Å². The first-order chi connectivity index (χ1) is 9.78. The summed E-state index contributed by atoms with van der Waals surface area (Å²) in [5, 5.41) is 1.15. The van der Waals surface area contributed by atoms with Gasteiger partial charge in [0, 0.05) is 17.1 Å². The minimum Gasteiger partial charge on any atom is -0.493 e. The van der Waals surface area contributed by atoms with Gasteiger partial charge in [0.15, 0.2) is 0 Å². The molecule has 0 saturated heterocycles. The van der Waals surface area contributed by atoms with Crippen molar-refractivity contribution < 1.29 is 4.74 Å². The number of aromatic nitrogens is 1. The van der Waals surface area contributed by atoms with Gasteiger partial charge in [0.25, 0.3) is 0 Å². The maximum Gasteiger partial charge on any atom is 0.122 e. The monoisotopic (exact) mass is 307 g/mol. The lowest BCUT2D eigenvalue weighted by atomic mass is 10.1. The third-order valence-corrected chi connectivity index (χ3v) is 4.92. The van der Waals surface area contributed by atoms with Crippen molar-refractivity contribution in [3.05, 3.63) is 45.4 Å². The molecule has 108 valence electrons. The van der Waals surface area contributed by atoms with Crippen LogP contribution in [0, 0.1) is 0 Å². The largest absolute Gasteiger partial charge is 0.493 e. The van der Waals surface area contributed by atoms with Crippen LogP contribution >= 0.6 is 24.0 Å². The topological polar surface area (TPSA) is 22.1 Å². The molecule has 20 heavy (non-hydrogen) atoms. The molecule has 0 N–H and O–H groups in total. The second-order valence-electron chi connectivity index (χ2n) is 4.55. The van der Waals surface area contributed by atoms with Crippen molar-refractivity contribution in [2.75, 3.05) is 6.61 Å². The van der Waals surface area contributed by atoms with Crippen LogP contribution in [-0.4, -0.2) is 11.6 Å². The van der Waals surface area contributed by atoms with Crippen LogP contribution in [0.15, 0.2) is 24.3 Å². The average Bonchev–Trinajstić information content (AvgIpc) is 2.90. The highest BCUT2D eigenvalue weighted by atomic mass is 32.1. The fraction of sp³-hybridized carbons (Fsp3) is 0.438. The highest BCUT2D eigenvalue weighted by molar-refractivity contribution is 7.79. The SMILES string of the molecule is CCc1ccccc1OCCc1nc(CC)c(CS)s1. The predicted octanol–water partition coefficient (Wildman–Crippen LogP) is 4.32. The van der Waals surface area contributed by atoms with Gasteiger partial charge in [0.05, 0.1) is 17.3 Å². The number of ether oxygens (including phenoxy) is 1. The number of hydrogen-bond donors (Lipinski definition) is 1. The molecular weight excluding hydrogens is 286 g/mol. The summed E-state index contributed by atoms with van der Waals surface area (Å²) in [6, 6.07) is 8.23. The van der Waals surface area contributed by atoms with E-state index in [0.29, 0.717) is 6.61 Å². The van der Waals surface area contributed by atoms with Crippen LogP contribution in [0.4, 0.5) is 0 Å². The van der Waals surface area contributed by atoms with Crippen LogP contribution < -0.4 is 4.74 Å². The lowest BCUT2D eigenvalue weighted by Crippen LogP contribution is -2.03. The van der Waals surface area contributed by atoms with Crippen LogP contribution in [0.1, 0.15) is 35.0 Å². The van der Waals surface area contributed by atoms with Crippen molar-refractivity contribution in [3.8, 4) is 5.75 Å². The van der Waals surface area contributed by atoms with Gasteiger partial charge in [-0.1, -0.05) is 32.0 Å². The maximum absolute atomic E-state index is 5.90. The quantitative estimate of drug-likeness (QED) is 0.770. The van der Waals surface area contributed by atoms with E-state index in [9.17, 15) is 0 Å². The second-order valence-corrected chi connectivity index (χ2v) is 6.03. The molecule has 0 radical (unpaired) electrons. The summed E-state index contributed by atoms with van der Waals surface area (Å²) in [6.45, 7) is 4.97. The Morgan fingerprint density at radius 1 is 1.20 bits per heavy atom. The molecule has 0 spiro atoms. The van der Waals surface area contributed by atoms with Gasteiger partial charge in [-0.3, -0.25) is 0 Å². The lowest BCUT2D eigenvalue weighted by molar-refractivity contribution is 0.318. The number of para-hydroxylation sites is 1. The third kappa shape index (κ3) is 3.76. The van der Waals surface area contributed by atoms with Crippen molar-refractivity contribution >= 4 is 24.0 Å². The van der Waals surface area contributed by atoms with Crippen molar-refractivity contribution in [3.63, 3.8) is 0 Å². The molecule has 0 unspecified atom stereocenters. The minimum absolute atomic E-state index is 0.680. The lowest BCUT2D eigenvalue weighted by Gasteiger charge is -2.09. The number of thiazole rings is 1. The average molecular weight is 307 g/mol. The molecular formula is C16H21NOS2. The van der Waals surface area contributed by atoms with E-state index in [1.807, 2.05) is 12.1 Å². The van der Waals surface area contributed by atoms with E-state index >= 15 is 0 Å². The first kappa shape index (κ1) is 15.4. The van der Waals surface area contributed by atoms with Crippen molar-refractivity contribution in [2.24, 2.45) is 0 Å². The molecule has 0 fully saturated rings. The fourth-order valence-electron chi connectivity index (χ4n) is 2.13. The minimum atomic E-state index is 0.680. The zero-order valence-electron chi connectivity index (χ0n) is 12.1. The van der Waals surface area contributed by atoms with E-state index in [0.717, 1.165) is 35.8 Å². The van der Waals surface area contributed by atoms with Gasteiger partial charge in [0.2, 0.25) is 0 Å². The highest BCUT2D eigenvalue weighted by Gasteiger charge is 2.08. The van der Waals surface area contributed by atoms with E-state index in [1.165, 1.54) is 16.1 Å². The normalized spacial score (nSPS) is 10.8. The van der Waals surface area contributed by atoms with Crippen molar-refractivity contribution in [2.45, 2.75) is 38.9 Å². The molecule has 0 amide bonds. The maximum atomic E-state index is 5.90.